The zero-order valence-electron chi connectivity index (χ0n) is 13.1. The van der Waals surface area contributed by atoms with E-state index in [-0.39, 0.29) is 23.8 Å². The molecule has 0 aliphatic rings. The van der Waals surface area contributed by atoms with E-state index >= 15 is 0 Å². The predicted octanol–water partition coefficient (Wildman–Crippen LogP) is 3.47. The second-order valence-corrected chi connectivity index (χ2v) is 4.77. The number of alkyl halides is 3. The summed E-state index contributed by atoms with van der Waals surface area (Å²) in [5, 5.41) is 4.02. The topological polar surface area (TPSA) is 79.4 Å². The number of hydrogen-bond acceptors (Lipinski definition) is 5. The van der Waals surface area contributed by atoms with Crippen molar-refractivity contribution < 1.29 is 27.4 Å². The molecule has 0 unspecified atom stereocenters. The molecule has 0 spiro atoms. The first-order chi connectivity index (χ1) is 11.3. The first-order valence-corrected chi connectivity index (χ1v) is 7.15. The van der Waals surface area contributed by atoms with Crippen LogP contribution in [0, 0.1) is 0 Å². The van der Waals surface area contributed by atoms with Crippen molar-refractivity contribution in [3.05, 3.63) is 35.5 Å². The van der Waals surface area contributed by atoms with E-state index in [4.69, 9.17) is 15.2 Å². The van der Waals surface area contributed by atoms with Crippen LogP contribution in [0.1, 0.15) is 29.8 Å². The van der Waals surface area contributed by atoms with Gasteiger partial charge in [0.15, 0.2) is 0 Å². The van der Waals surface area contributed by atoms with Crippen LogP contribution in [0.25, 0.3) is 0 Å². The molecule has 1 heterocycles. The fourth-order valence-electron chi connectivity index (χ4n) is 1.95. The number of anilines is 1. The van der Waals surface area contributed by atoms with Gasteiger partial charge in [0.05, 0.1) is 12.2 Å². The predicted molar refractivity (Wildman–Crippen MR) is 79.8 cm³/mol. The van der Waals surface area contributed by atoms with E-state index in [0.717, 1.165) is 12.1 Å². The molecule has 2 aromatic rings. The Bertz CT molecular complexity index is 741. The fraction of sp³-hybridized carbons (Fsp3) is 0.333. The lowest BCUT2D eigenvalue weighted by atomic mass is 10.1. The van der Waals surface area contributed by atoms with Crippen LogP contribution in [0.4, 0.5) is 18.9 Å². The molecule has 24 heavy (non-hydrogen) atoms. The van der Waals surface area contributed by atoms with Gasteiger partial charge in [-0.05, 0) is 32.0 Å². The lowest BCUT2D eigenvalue weighted by Gasteiger charge is -2.12. The first-order valence-electron chi connectivity index (χ1n) is 7.15. The number of ether oxygens (including phenoxy) is 2. The third-order valence-corrected chi connectivity index (χ3v) is 3.09. The zero-order chi connectivity index (χ0) is 17.9. The molecule has 6 nitrogen and oxygen atoms in total. The van der Waals surface area contributed by atoms with Crippen LogP contribution in [0.5, 0.6) is 11.6 Å². The summed E-state index contributed by atoms with van der Waals surface area (Å²) in [6.45, 7) is 4.02. The molecular formula is C15H16F3N3O3. The maximum atomic E-state index is 12.9. The number of aromatic nitrogens is 2. The van der Waals surface area contributed by atoms with Gasteiger partial charge in [-0.2, -0.15) is 13.2 Å². The van der Waals surface area contributed by atoms with Crippen LogP contribution in [0.15, 0.2) is 24.4 Å². The van der Waals surface area contributed by atoms with Gasteiger partial charge in [0.2, 0.25) is 0 Å². The van der Waals surface area contributed by atoms with Crippen LogP contribution in [0.2, 0.25) is 0 Å². The number of rotatable bonds is 5. The molecule has 0 saturated heterocycles. The van der Waals surface area contributed by atoms with Gasteiger partial charge in [0, 0.05) is 18.4 Å². The number of aryl methyl sites for hydroxylation is 1. The smallest absolute Gasteiger partial charge is 0.418 e. The van der Waals surface area contributed by atoms with Gasteiger partial charge in [-0.25, -0.2) is 4.79 Å². The van der Waals surface area contributed by atoms with Crippen molar-refractivity contribution in [2.24, 2.45) is 0 Å². The average molecular weight is 343 g/mol. The van der Waals surface area contributed by atoms with Crippen molar-refractivity contribution in [1.82, 2.24) is 9.78 Å². The lowest BCUT2D eigenvalue weighted by Crippen LogP contribution is -2.09. The zero-order valence-corrected chi connectivity index (χ0v) is 13.1. The van der Waals surface area contributed by atoms with E-state index in [1.54, 1.807) is 13.8 Å². The van der Waals surface area contributed by atoms with Gasteiger partial charge in [-0.1, -0.05) is 0 Å². The lowest BCUT2D eigenvalue weighted by molar-refractivity contribution is -0.137. The number of nitrogen functional groups attached to an aromatic ring is 1. The van der Waals surface area contributed by atoms with E-state index < -0.39 is 23.4 Å². The summed E-state index contributed by atoms with van der Waals surface area (Å²) in [5.41, 5.74) is 3.94. The number of carbonyl (C=O) groups excluding carboxylic acids is 1. The summed E-state index contributed by atoms with van der Waals surface area (Å²) in [4.78, 5) is 11.9. The number of hydrogen-bond donors (Lipinski definition) is 1. The normalized spacial score (nSPS) is 11.4. The highest BCUT2D eigenvalue weighted by Gasteiger charge is 2.33. The monoisotopic (exact) mass is 343 g/mol. The summed E-state index contributed by atoms with van der Waals surface area (Å²) in [5.74, 6) is -0.935. The van der Waals surface area contributed by atoms with Crippen LogP contribution < -0.4 is 10.5 Å². The average Bonchev–Trinajstić information content (AvgIpc) is 2.91. The highest BCUT2D eigenvalue weighted by Crippen LogP contribution is 2.37. The Kier molecular flexibility index (Phi) is 5.01. The van der Waals surface area contributed by atoms with Crippen LogP contribution in [-0.2, 0) is 17.5 Å². The van der Waals surface area contributed by atoms with Gasteiger partial charge in [0.1, 0.15) is 11.3 Å². The maximum Gasteiger partial charge on any atom is 0.418 e. The van der Waals surface area contributed by atoms with Gasteiger partial charge in [0.25, 0.3) is 5.88 Å². The highest BCUT2D eigenvalue weighted by atomic mass is 19.4. The van der Waals surface area contributed by atoms with E-state index in [0.29, 0.717) is 6.54 Å². The molecule has 2 N–H and O–H groups in total. The molecule has 0 atom stereocenters. The number of halogens is 3. The Morgan fingerprint density at radius 3 is 2.62 bits per heavy atom. The van der Waals surface area contributed by atoms with E-state index in [1.165, 1.54) is 16.9 Å². The summed E-state index contributed by atoms with van der Waals surface area (Å²) in [6, 6.07) is 3.11. The highest BCUT2D eigenvalue weighted by molar-refractivity contribution is 5.91. The van der Waals surface area contributed by atoms with Crippen molar-refractivity contribution in [2.75, 3.05) is 12.3 Å². The van der Waals surface area contributed by atoms with Crippen LogP contribution in [0.3, 0.4) is 0 Å². The molecule has 2 rings (SSSR count). The number of benzene rings is 1. The van der Waals surface area contributed by atoms with Crippen molar-refractivity contribution in [1.29, 1.82) is 0 Å². The van der Waals surface area contributed by atoms with Crippen molar-refractivity contribution in [2.45, 2.75) is 26.6 Å². The molecule has 130 valence electrons. The van der Waals surface area contributed by atoms with Gasteiger partial charge < -0.3 is 15.2 Å². The van der Waals surface area contributed by atoms with Crippen LogP contribution >= 0.6 is 0 Å². The molecule has 0 bridgehead atoms. The standard InChI is InChI=1S/C15H16F3N3O3/c1-3-21-8-10(14(22)23-4-2)13(20-21)24-9-5-6-12(19)11(7-9)15(16,17)18/h5-8H,3-4,19H2,1-2H3. The minimum absolute atomic E-state index is 0.0316. The third kappa shape index (κ3) is 3.79. The molecule has 1 aromatic carbocycles. The minimum Gasteiger partial charge on any atom is -0.462 e. The number of nitrogens with zero attached hydrogens (tertiary/aromatic N) is 2. The second-order valence-electron chi connectivity index (χ2n) is 4.77. The summed E-state index contributed by atoms with van der Waals surface area (Å²) < 4.78 is 50.4. The van der Waals surface area contributed by atoms with Crippen molar-refractivity contribution in [3.8, 4) is 11.6 Å². The van der Waals surface area contributed by atoms with Crippen molar-refractivity contribution in [3.63, 3.8) is 0 Å². The molecule has 0 radical (unpaired) electrons. The number of esters is 1. The first kappa shape index (κ1) is 17.6. The molecule has 1 aromatic heterocycles. The Balaban J connectivity index is 2.37. The Morgan fingerprint density at radius 1 is 1.33 bits per heavy atom. The van der Waals surface area contributed by atoms with Gasteiger partial charge in [-0.3, -0.25) is 4.68 Å². The van der Waals surface area contributed by atoms with E-state index in [1.807, 2.05) is 0 Å². The Hall–Kier alpha value is -2.71. The molecule has 0 aliphatic carbocycles. The van der Waals surface area contributed by atoms with Gasteiger partial charge in [-0.15, -0.1) is 5.10 Å². The fourth-order valence-corrected chi connectivity index (χ4v) is 1.95. The minimum atomic E-state index is -4.61. The molecule has 0 saturated carbocycles. The number of carbonyl (C=O) groups is 1. The molecule has 0 amide bonds. The van der Waals surface area contributed by atoms with E-state index in [2.05, 4.69) is 5.10 Å². The molecular weight excluding hydrogens is 327 g/mol. The summed E-state index contributed by atoms with van der Waals surface area (Å²) in [6.07, 6.45) is -3.20. The van der Waals surface area contributed by atoms with Gasteiger partial charge >= 0.3 is 12.1 Å². The maximum absolute atomic E-state index is 12.9. The molecule has 0 fully saturated rings. The molecule has 9 heteroatoms. The SMILES string of the molecule is CCOC(=O)c1cn(CC)nc1Oc1ccc(N)c(C(F)(F)F)c1. The molecule has 0 aliphatic heterocycles. The Morgan fingerprint density at radius 2 is 2.04 bits per heavy atom. The summed E-state index contributed by atoms with van der Waals surface area (Å²) >= 11 is 0. The third-order valence-electron chi connectivity index (χ3n) is 3.09. The Labute approximate surface area is 136 Å². The van der Waals surface area contributed by atoms with E-state index in [9.17, 15) is 18.0 Å². The number of nitrogens with two attached hydrogens (primary N) is 1. The summed E-state index contributed by atoms with van der Waals surface area (Å²) in [7, 11) is 0. The quantitative estimate of drug-likeness (QED) is 0.664. The van der Waals surface area contributed by atoms with Crippen molar-refractivity contribution >= 4 is 11.7 Å². The van der Waals surface area contributed by atoms with Crippen LogP contribution in [-0.4, -0.2) is 22.4 Å². The largest absolute Gasteiger partial charge is 0.462 e. The second kappa shape index (κ2) is 6.81.